The van der Waals surface area contributed by atoms with E-state index in [4.69, 9.17) is 4.74 Å². The van der Waals surface area contributed by atoms with Crippen molar-refractivity contribution in [2.45, 2.75) is 46.6 Å². The maximum absolute atomic E-state index is 12.1. The first-order valence-corrected chi connectivity index (χ1v) is 6.25. The number of hydrogen-bond donors (Lipinski definition) is 1. The van der Waals surface area contributed by atoms with Gasteiger partial charge in [0.15, 0.2) is 0 Å². The summed E-state index contributed by atoms with van der Waals surface area (Å²) in [6.07, 6.45) is 0.901. The van der Waals surface area contributed by atoms with Crippen molar-refractivity contribution in [1.29, 1.82) is 0 Å². The Hall–Kier alpha value is -0.570. The smallest absolute Gasteiger partial charge is 0.309 e. The van der Waals surface area contributed by atoms with Crippen LogP contribution in [-0.4, -0.2) is 24.7 Å². The van der Waals surface area contributed by atoms with Crippen molar-refractivity contribution in [2.75, 3.05) is 13.1 Å². The lowest BCUT2D eigenvalue weighted by molar-refractivity contribution is -0.163. The first-order chi connectivity index (χ1) is 7.31. The van der Waals surface area contributed by atoms with Gasteiger partial charge < -0.3 is 10.1 Å². The maximum Gasteiger partial charge on any atom is 0.309 e. The van der Waals surface area contributed by atoms with E-state index >= 15 is 0 Å². The van der Waals surface area contributed by atoms with Crippen LogP contribution in [0.15, 0.2) is 0 Å². The van der Waals surface area contributed by atoms with Crippen LogP contribution >= 0.6 is 0 Å². The Balaban J connectivity index is 2.64. The van der Waals surface area contributed by atoms with Gasteiger partial charge in [-0.15, -0.1) is 0 Å². The molecule has 1 fully saturated rings. The van der Waals surface area contributed by atoms with E-state index in [-0.39, 0.29) is 17.5 Å². The number of carbonyl (C=O) groups excluding carboxylic acids is 1. The number of piperidine rings is 1. The largest absolute Gasteiger partial charge is 0.460 e. The summed E-state index contributed by atoms with van der Waals surface area (Å²) < 4.78 is 5.49. The molecule has 1 N–H and O–H groups in total. The van der Waals surface area contributed by atoms with Crippen LogP contribution in [0.3, 0.4) is 0 Å². The van der Waals surface area contributed by atoms with Crippen LogP contribution in [-0.2, 0) is 9.53 Å². The third-order valence-electron chi connectivity index (χ3n) is 3.09. The Kier molecular flexibility index (Phi) is 4.36. The summed E-state index contributed by atoms with van der Waals surface area (Å²) >= 11 is 0. The third-order valence-corrected chi connectivity index (χ3v) is 3.09. The van der Waals surface area contributed by atoms with Crippen LogP contribution in [0.4, 0.5) is 0 Å². The van der Waals surface area contributed by atoms with Crippen molar-refractivity contribution in [2.24, 2.45) is 17.8 Å². The molecule has 1 aliphatic rings. The van der Waals surface area contributed by atoms with E-state index in [2.05, 4.69) is 19.2 Å². The van der Waals surface area contributed by atoms with Gasteiger partial charge in [0.25, 0.3) is 0 Å². The first kappa shape index (κ1) is 13.5. The monoisotopic (exact) mass is 227 g/mol. The highest BCUT2D eigenvalue weighted by Gasteiger charge is 2.35. The van der Waals surface area contributed by atoms with Gasteiger partial charge in [0.2, 0.25) is 0 Å². The summed E-state index contributed by atoms with van der Waals surface area (Å²) in [4.78, 5) is 12.1. The van der Waals surface area contributed by atoms with E-state index in [0.717, 1.165) is 19.5 Å². The molecule has 0 amide bonds. The van der Waals surface area contributed by atoms with Gasteiger partial charge in [0.1, 0.15) is 5.60 Å². The number of ether oxygens (including phenoxy) is 1. The predicted molar refractivity (Wildman–Crippen MR) is 65.1 cm³/mol. The zero-order valence-corrected chi connectivity index (χ0v) is 11.2. The molecule has 0 saturated carbocycles. The summed E-state index contributed by atoms with van der Waals surface area (Å²) in [6.45, 7) is 12.0. The zero-order chi connectivity index (χ0) is 12.3. The SMILES string of the molecule is CC(C)C1CNCCC1C(=O)OC(C)(C)C. The molecule has 1 saturated heterocycles. The fourth-order valence-electron chi connectivity index (χ4n) is 2.25. The highest BCUT2D eigenvalue weighted by Crippen LogP contribution is 2.28. The van der Waals surface area contributed by atoms with Crippen molar-refractivity contribution in [1.82, 2.24) is 5.32 Å². The standard InChI is InChI=1S/C13H25NO2/c1-9(2)11-8-14-7-6-10(11)12(15)16-13(3,4)5/h9-11,14H,6-8H2,1-5H3. The molecule has 94 valence electrons. The molecule has 0 spiro atoms. The summed E-state index contributed by atoms with van der Waals surface area (Å²) in [5.74, 6) is 0.974. The summed E-state index contributed by atoms with van der Waals surface area (Å²) in [5.41, 5.74) is -0.372. The van der Waals surface area contributed by atoms with Gasteiger partial charge in [-0.3, -0.25) is 4.79 Å². The number of carbonyl (C=O) groups is 1. The molecule has 0 aliphatic carbocycles. The van der Waals surface area contributed by atoms with E-state index in [1.807, 2.05) is 20.8 Å². The van der Waals surface area contributed by atoms with E-state index in [1.54, 1.807) is 0 Å². The van der Waals surface area contributed by atoms with Gasteiger partial charge in [0.05, 0.1) is 5.92 Å². The van der Waals surface area contributed by atoms with Crippen LogP contribution in [0.5, 0.6) is 0 Å². The van der Waals surface area contributed by atoms with Crippen molar-refractivity contribution >= 4 is 5.97 Å². The Labute approximate surface area is 98.9 Å². The highest BCUT2D eigenvalue weighted by atomic mass is 16.6. The third kappa shape index (κ3) is 3.78. The second kappa shape index (κ2) is 5.17. The molecular formula is C13H25NO2. The molecule has 3 nitrogen and oxygen atoms in total. The average molecular weight is 227 g/mol. The highest BCUT2D eigenvalue weighted by molar-refractivity contribution is 5.73. The molecule has 2 atom stereocenters. The first-order valence-electron chi connectivity index (χ1n) is 6.25. The van der Waals surface area contributed by atoms with Crippen LogP contribution in [0.2, 0.25) is 0 Å². The average Bonchev–Trinajstić information content (AvgIpc) is 2.15. The van der Waals surface area contributed by atoms with Crippen LogP contribution in [0.25, 0.3) is 0 Å². The molecule has 1 rings (SSSR count). The van der Waals surface area contributed by atoms with Crippen molar-refractivity contribution in [3.63, 3.8) is 0 Å². The number of nitrogens with one attached hydrogen (secondary N) is 1. The molecule has 0 aromatic rings. The van der Waals surface area contributed by atoms with Crippen LogP contribution in [0.1, 0.15) is 41.0 Å². The van der Waals surface area contributed by atoms with Gasteiger partial charge in [-0.25, -0.2) is 0 Å². The molecule has 0 aromatic carbocycles. The molecule has 2 unspecified atom stereocenters. The normalized spacial score (nSPS) is 26.9. The summed E-state index contributed by atoms with van der Waals surface area (Å²) in [6, 6.07) is 0. The topological polar surface area (TPSA) is 38.3 Å². The maximum atomic E-state index is 12.1. The Morgan fingerprint density at radius 1 is 1.38 bits per heavy atom. The summed E-state index contributed by atoms with van der Waals surface area (Å²) in [5, 5.41) is 3.36. The fraction of sp³-hybridized carbons (Fsp3) is 0.923. The van der Waals surface area contributed by atoms with E-state index in [0.29, 0.717) is 11.8 Å². The Bertz CT molecular complexity index is 243. The number of hydrogen-bond acceptors (Lipinski definition) is 3. The van der Waals surface area contributed by atoms with Crippen LogP contribution in [0, 0.1) is 17.8 Å². The number of esters is 1. The van der Waals surface area contributed by atoms with E-state index < -0.39 is 0 Å². The van der Waals surface area contributed by atoms with E-state index in [1.165, 1.54) is 0 Å². The molecule has 1 aliphatic heterocycles. The quantitative estimate of drug-likeness (QED) is 0.735. The van der Waals surface area contributed by atoms with Gasteiger partial charge >= 0.3 is 5.97 Å². The molecule has 0 radical (unpaired) electrons. The second-order valence-electron chi connectivity index (χ2n) is 6.04. The minimum Gasteiger partial charge on any atom is -0.460 e. The Morgan fingerprint density at radius 2 is 2.00 bits per heavy atom. The molecular weight excluding hydrogens is 202 g/mol. The zero-order valence-electron chi connectivity index (χ0n) is 11.2. The Morgan fingerprint density at radius 3 is 2.50 bits per heavy atom. The molecule has 16 heavy (non-hydrogen) atoms. The lowest BCUT2D eigenvalue weighted by Crippen LogP contribution is -2.44. The minimum absolute atomic E-state index is 0.0206. The lowest BCUT2D eigenvalue weighted by atomic mass is 9.79. The van der Waals surface area contributed by atoms with Gasteiger partial charge in [0, 0.05) is 0 Å². The van der Waals surface area contributed by atoms with E-state index in [9.17, 15) is 4.79 Å². The molecule has 3 heteroatoms. The summed E-state index contributed by atoms with van der Waals surface area (Å²) in [7, 11) is 0. The van der Waals surface area contributed by atoms with Crippen molar-refractivity contribution in [3.05, 3.63) is 0 Å². The predicted octanol–water partition coefficient (Wildman–Crippen LogP) is 2.21. The second-order valence-corrected chi connectivity index (χ2v) is 6.04. The van der Waals surface area contributed by atoms with Crippen LogP contribution < -0.4 is 5.32 Å². The van der Waals surface area contributed by atoms with Crippen molar-refractivity contribution < 1.29 is 9.53 Å². The van der Waals surface area contributed by atoms with Gasteiger partial charge in [-0.2, -0.15) is 0 Å². The van der Waals surface area contributed by atoms with Gasteiger partial charge in [-0.1, -0.05) is 13.8 Å². The fourth-order valence-corrected chi connectivity index (χ4v) is 2.25. The lowest BCUT2D eigenvalue weighted by Gasteiger charge is -2.35. The van der Waals surface area contributed by atoms with Crippen molar-refractivity contribution in [3.8, 4) is 0 Å². The van der Waals surface area contributed by atoms with Gasteiger partial charge in [-0.05, 0) is 52.1 Å². The molecule has 0 bridgehead atoms. The molecule has 1 heterocycles. The number of rotatable bonds is 2. The minimum atomic E-state index is -0.372. The molecule has 0 aromatic heterocycles.